The van der Waals surface area contributed by atoms with E-state index in [0.29, 0.717) is 12.8 Å². The van der Waals surface area contributed by atoms with Gasteiger partial charge < -0.3 is 9.47 Å². The van der Waals surface area contributed by atoms with Crippen molar-refractivity contribution in [1.29, 1.82) is 0 Å². The van der Waals surface area contributed by atoms with E-state index in [1.807, 2.05) is 13.8 Å². The molecule has 0 bridgehead atoms. The molecule has 0 aliphatic rings. The van der Waals surface area contributed by atoms with Crippen LogP contribution in [0.2, 0.25) is 0 Å². The number of carbonyl (C=O) groups is 2. The second-order valence-corrected chi connectivity index (χ2v) is 6.55. The second kappa shape index (κ2) is 11.3. The Morgan fingerprint density at radius 1 is 1.00 bits per heavy atom. The Kier molecular flexibility index (Phi) is 10.7. The standard InChI is InChI=1S/C16H22O7S.Li/c1-3-5-9-22-15(17)12-7-8-13(14(11-12)24(19,20)21)16(18)23-10-6-4-2;/h7-8,11H,3-6,9-10H2,1-2H3,(H,19,20,21);. The molecule has 0 amide bonds. The summed E-state index contributed by atoms with van der Waals surface area (Å²) in [6.45, 7) is 4.19. The van der Waals surface area contributed by atoms with Gasteiger partial charge >= 0.3 is 11.9 Å². The molecule has 1 rings (SSSR count). The first-order chi connectivity index (χ1) is 11.3. The Labute approximate surface area is 160 Å². The Morgan fingerprint density at radius 3 is 2.00 bits per heavy atom. The van der Waals surface area contributed by atoms with Crippen molar-refractivity contribution < 1.29 is 32.0 Å². The number of ether oxygens (including phenoxy) is 2. The van der Waals surface area contributed by atoms with Crippen molar-refractivity contribution in [2.75, 3.05) is 13.2 Å². The summed E-state index contributed by atoms with van der Waals surface area (Å²) in [6, 6.07) is 3.31. The fourth-order valence-electron chi connectivity index (χ4n) is 1.81. The van der Waals surface area contributed by atoms with Crippen molar-refractivity contribution in [3.05, 3.63) is 29.3 Å². The molecule has 25 heavy (non-hydrogen) atoms. The van der Waals surface area contributed by atoms with Gasteiger partial charge in [0.1, 0.15) is 4.90 Å². The van der Waals surface area contributed by atoms with Gasteiger partial charge in [0.15, 0.2) is 0 Å². The van der Waals surface area contributed by atoms with Crippen molar-refractivity contribution in [2.24, 2.45) is 0 Å². The molecule has 135 valence electrons. The van der Waals surface area contributed by atoms with Gasteiger partial charge in [0, 0.05) is 18.9 Å². The maximum atomic E-state index is 12.0. The predicted molar refractivity (Wildman–Crippen MR) is 92.4 cm³/mol. The van der Waals surface area contributed by atoms with E-state index in [0.717, 1.165) is 25.0 Å². The van der Waals surface area contributed by atoms with E-state index in [4.69, 9.17) is 9.47 Å². The average Bonchev–Trinajstić information content (AvgIpc) is 2.53. The fourth-order valence-corrected chi connectivity index (χ4v) is 2.52. The van der Waals surface area contributed by atoms with Gasteiger partial charge in [-0.25, -0.2) is 9.59 Å². The van der Waals surface area contributed by atoms with Gasteiger partial charge in [0.05, 0.1) is 24.3 Å². The van der Waals surface area contributed by atoms with Crippen LogP contribution in [0.5, 0.6) is 0 Å². The summed E-state index contributed by atoms with van der Waals surface area (Å²) in [4.78, 5) is 23.2. The Hall–Kier alpha value is -1.33. The summed E-state index contributed by atoms with van der Waals surface area (Å²) in [5, 5.41) is 0. The first-order valence-electron chi connectivity index (χ1n) is 7.77. The normalized spacial score (nSPS) is 10.7. The second-order valence-electron chi connectivity index (χ2n) is 5.16. The zero-order valence-corrected chi connectivity index (χ0v) is 15.6. The third kappa shape index (κ3) is 7.61. The number of unbranched alkanes of at least 4 members (excludes halogenated alkanes) is 2. The van der Waals surface area contributed by atoms with Crippen LogP contribution in [0.1, 0.15) is 60.2 Å². The van der Waals surface area contributed by atoms with Crippen LogP contribution < -0.4 is 0 Å². The maximum absolute atomic E-state index is 12.0. The smallest absolute Gasteiger partial charge is 0.339 e. The fraction of sp³-hybridized carbons (Fsp3) is 0.500. The van der Waals surface area contributed by atoms with Crippen molar-refractivity contribution in [3.63, 3.8) is 0 Å². The molecule has 1 aromatic rings. The SMILES string of the molecule is CCCCOC(=O)c1ccc(C(=O)OCCCC)c(S(=O)(=O)O)c1.[Li]. The van der Waals surface area contributed by atoms with Crippen molar-refractivity contribution >= 4 is 40.9 Å². The minimum absolute atomic E-state index is 0. The monoisotopic (exact) mass is 365 g/mol. The summed E-state index contributed by atoms with van der Waals surface area (Å²) < 4.78 is 42.3. The first kappa shape index (κ1) is 23.7. The van der Waals surface area contributed by atoms with Gasteiger partial charge in [0.2, 0.25) is 0 Å². The molecule has 0 heterocycles. The Balaban J connectivity index is 0.00000576. The quantitative estimate of drug-likeness (QED) is 0.310. The molecular formula is C16H22LiO7S. The topological polar surface area (TPSA) is 107 Å². The van der Waals surface area contributed by atoms with Crippen LogP contribution in [0.25, 0.3) is 0 Å². The molecule has 1 N–H and O–H groups in total. The molecule has 0 spiro atoms. The van der Waals surface area contributed by atoms with E-state index in [9.17, 15) is 22.6 Å². The summed E-state index contributed by atoms with van der Waals surface area (Å²) in [6.07, 6.45) is 2.96. The largest absolute Gasteiger partial charge is 0.462 e. The van der Waals surface area contributed by atoms with Gasteiger partial charge in [-0.05, 0) is 31.0 Å². The van der Waals surface area contributed by atoms with Crippen molar-refractivity contribution in [2.45, 2.75) is 44.4 Å². The van der Waals surface area contributed by atoms with Crippen LogP contribution in [-0.2, 0) is 19.6 Å². The molecule has 1 aromatic carbocycles. The van der Waals surface area contributed by atoms with Crippen LogP contribution in [0.15, 0.2) is 23.1 Å². The Morgan fingerprint density at radius 2 is 1.52 bits per heavy atom. The van der Waals surface area contributed by atoms with Crippen molar-refractivity contribution in [3.8, 4) is 0 Å². The summed E-state index contributed by atoms with van der Waals surface area (Å²) >= 11 is 0. The molecule has 1 radical (unpaired) electrons. The molecule has 0 unspecified atom stereocenters. The predicted octanol–water partition coefficient (Wildman–Crippen LogP) is 2.47. The minimum Gasteiger partial charge on any atom is -0.462 e. The molecule has 0 fully saturated rings. The van der Waals surface area contributed by atoms with Gasteiger partial charge in [-0.2, -0.15) is 8.42 Å². The molecule has 0 saturated carbocycles. The summed E-state index contributed by atoms with van der Waals surface area (Å²) in [5.74, 6) is -1.60. The summed E-state index contributed by atoms with van der Waals surface area (Å²) in [5.41, 5.74) is -0.387. The van der Waals surface area contributed by atoms with Crippen LogP contribution in [0, 0.1) is 0 Å². The van der Waals surface area contributed by atoms with E-state index in [1.54, 1.807) is 0 Å². The minimum atomic E-state index is -4.70. The molecule has 7 nitrogen and oxygen atoms in total. The third-order valence-corrected chi connectivity index (χ3v) is 4.07. The van der Waals surface area contributed by atoms with Gasteiger partial charge in [-0.1, -0.05) is 26.7 Å². The average molecular weight is 365 g/mol. The Bertz CT molecular complexity index is 686. The van der Waals surface area contributed by atoms with Crippen LogP contribution in [-0.4, -0.2) is 57.0 Å². The molecule has 0 saturated heterocycles. The van der Waals surface area contributed by atoms with Gasteiger partial charge in [-0.15, -0.1) is 0 Å². The molecule has 0 aliphatic carbocycles. The van der Waals surface area contributed by atoms with Crippen LogP contribution in [0.3, 0.4) is 0 Å². The van der Waals surface area contributed by atoms with Crippen molar-refractivity contribution in [1.82, 2.24) is 0 Å². The number of esters is 2. The van der Waals surface area contributed by atoms with Crippen LogP contribution in [0.4, 0.5) is 0 Å². The molecule has 0 aliphatic heterocycles. The van der Waals surface area contributed by atoms with E-state index in [1.165, 1.54) is 6.07 Å². The molecule has 9 heteroatoms. The molecular weight excluding hydrogens is 343 g/mol. The zero-order valence-electron chi connectivity index (χ0n) is 14.8. The maximum Gasteiger partial charge on any atom is 0.339 e. The third-order valence-electron chi connectivity index (χ3n) is 3.18. The number of hydrogen-bond acceptors (Lipinski definition) is 6. The number of carbonyl (C=O) groups excluding carboxylic acids is 2. The van der Waals surface area contributed by atoms with E-state index < -0.39 is 27.0 Å². The van der Waals surface area contributed by atoms with Gasteiger partial charge in [0.25, 0.3) is 10.1 Å². The molecule has 0 atom stereocenters. The van der Waals surface area contributed by atoms with Gasteiger partial charge in [-0.3, -0.25) is 4.55 Å². The van der Waals surface area contributed by atoms with E-state index >= 15 is 0 Å². The summed E-state index contributed by atoms with van der Waals surface area (Å²) in [7, 11) is -4.70. The first-order valence-corrected chi connectivity index (χ1v) is 9.21. The van der Waals surface area contributed by atoms with E-state index in [2.05, 4.69) is 0 Å². The number of hydrogen-bond donors (Lipinski definition) is 1. The molecule has 0 aromatic heterocycles. The zero-order chi connectivity index (χ0) is 18.2. The van der Waals surface area contributed by atoms with Crippen LogP contribution >= 0.6 is 0 Å². The number of benzene rings is 1. The van der Waals surface area contributed by atoms with E-state index in [-0.39, 0.29) is 43.2 Å². The number of rotatable bonds is 9.